The third-order valence-electron chi connectivity index (χ3n) is 3.31. The van der Waals surface area contributed by atoms with Crippen molar-refractivity contribution in [1.82, 2.24) is 0 Å². The number of rotatable bonds is 1. The van der Waals surface area contributed by atoms with Crippen molar-refractivity contribution in [3.63, 3.8) is 0 Å². The summed E-state index contributed by atoms with van der Waals surface area (Å²) in [5, 5.41) is 10.3. The fourth-order valence-corrected chi connectivity index (χ4v) is 1.96. The molecule has 0 fully saturated rings. The van der Waals surface area contributed by atoms with Gasteiger partial charge in [-0.25, -0.2) is 0 Å². The quantitative estimate of drug-likeness (QED) is 0.713. The summed E-state index contributed by atoms with van der Waals surface area (Å²) < 4.78 is 0. The van der Waals surface area contributed by atoms with Crippen LogP contribution in [-0.4, -0.2) is 12.1 Å². The van der Waals surface area contributed by atoms with E-state index in [0.29, 0.717) is 5.75 Å². The van der Waals surface area contributed by atoms with Crippen LogP contribution in [0.15, 0.2) is 118 Å². The molecule has 1 aliphatic rings. The van der Waals surface area contributed by atoms with Crippen LogP contribution in [-0.2, 0) is 9.78 Å². The minimum Gasteiger partial charge on any atom is -0.366 e. The normalized spacial score (nSPS) is 14.8. The van der Waals surface area contributed by atoms with Gasteiger partial charge in [0.05, 0.1) is 17.1 Å². The molecule has 0 spiro atoms. The fraction of sp³-hybridized carbons (Fsp3) is 0. The Bertz CT molecular complexity index is 949. The Morgan fingerprint density at radius 2 is 1.45 bits per heavy atom. The third-order valence-corrected chi connectivity index (χ3v) is 3.31. The van der Waals surface area contributed by atoms with Gasteiger partial charge < -0.3 is 5.73 Å². The molecule has 0 atom stereocenters. The van der Waals surface area contributed by atoms with Crippen LogP contribution < -0.4 is 10.6 Å². The molecule has 1 aromatic rings. The number of amides is 1. The van der Waals surface area contributed by atoms with Gasteiger partial charge in [-0.15, -0.1) is 10.1 Å². The van der Waals surface area contributed by atoms with E-state index in [4.69, 9.17) is 10.6 Å². The molecule has 7 nitrogen and oxygen atoms in total. The molecule has 0 aliphatic carbocycles. The number of benzene rings is 1. The van der Waals surface area contributed by atoms with Gasteiger partial charge in [0.25, 0.3) is 0 Å². The molecule has 7 heteroatoms. The second-order valence-corrected chi connectivity index (χ2v) is 5.38. The molecular formula is C22H20N4O3. The number of primary amides is 1. The van der Waals surface area contributed by atoms with E-state index in [0.717, 1.165) is 5.56 Å². The van der Waals surface area contributed by atoms with Gasteiger partial charge in [-0.2, -0.15) is 0 Å². The highest BCUT2D eigenvalue weighted by Crippen LogP contribution is 2.19. The average Bonchev–Trinajstić information content (AvgIpc) is 2.72. The van der Waals surface area contributed by atoms with Crippen molar-refractivity contribution in [2.24, 2.45) is 21.3 Å². The van der Waals surface area contributed by atoms with E-state index in [9.17, 15) is 4.79 Å². The molecule has 146 valence electrons. The van der Waals surface area contributed by atoms with Crippen LogP contribution in [0.25, 0.3) is 6.08 Å². The van der Waals surface area contributed by atoms with Gasteiger partial charge in [-0.1, -0.05) is 91.1 Å². The zero-order valence-electron chi connectivity index (χ0n) is 15.5. The average molecular weight is 388 g/mol. The molecule has 2 rings (SSSR count). The Morgan fingerprint density at radius 3 is 2.14 bits per heavy atom. The van der Waals surface area contributed by atoms with Crippen LogP contribution >= 0.6 is 0 Å². The number of nitrogens with zero attached hydrogens (tertiary/aromatic N) is 3. The molecule has 0 saturated carbocycles. The van der Waals surface area contributed by atoms with Gasteiger partial charge in [-0.05, 0) is 17.4 Å². The van der Waals surface area contributed by atoms with Gasteiger partial charge in [0.15, 0.2) is 5.75 Å². The van der Waals surface area contributed by atoms with Gasteiger partial charge in [0.2, 0.25) is 5.91 Å². The highest BCUT2D eigenvalue weighted by Gasteiger charge is 2.01. The second-order valence-electron chi connectivity index (χ2n) is 5.38. The Labute approximate surface area is 168 Å². The van der Waals surface area contributed by atoms with Crippen molar-refractivity contribution in [2.75, 3.05) is 0 Å². The Hall–Kier alpha value is -4.26. The molecule has 1 aromatic carbocycles. The summed E-state index contributed by atoms with van der Waals surface area (Å²) in [7, 11) is 0. The number of carbonyl (C=O) groups excluding carboxylic acids is 1. The minimum atomic E-state index is -0.650. The zero-order chi connectivity index (χ0) is 20.6. The predicted octanol–water partition coefficient (Wildman–Crippen LogP) is 4.57. The second kappa shape index (κ2) is 13.0. The molecule has 1 aliphatic heterocycles. The van der Waals surface area contributed by atoms with Crippen molar-refractivity contribution >= 4 is 18.2 Å². The lowest BCUT2D eigenvalue weighted by Gasteiger charge is -2.02. The maximum absolute atomic E-state index is 11.4. The summed E-state index contributed by atoms with van der Waals surface area (Å²) >= 11 is 0. The van der Waals surface area contributed by atoms with Crippen molar-refractivity contribution in [1.29, 1.82) is 0 Å². The number of hydrogen-bond donors (Lipinski definition) is 1. The Kier molecular flexibility index (Phi) is 9.43. The molecule has 2 N–H and O–H groups in total. The summed E-state index contributed by atoms with van der Waals surface area (Å²) in [4.78, 5) is 21.2. The largest absolute Gasteiger partial charge is 0.366 e. The Balaban J connectivity index is 2.20. The third kappa shape index (κ3) is 8.78. The number of carbonyl (C=O) groups is 1. The lowest BCUT2D eigenvalue weighted by Crippen LogP contribution is -2.14. The topological polar surface area (TPSA) is 98.6 Å². The molecule has 0 aromatic heterocycles. The first-order valence-electron chi connectivity index (χ1n) is 8.65. The van der Waals surface area contributed by atoms with E-state index < -0.39 is 5.91 Å². The van der Waals surface area contributed by atoms with Crippen LogP contribution in [0.1, 0.15) is 5.56 Å². The van der Waals surface area contributed by atoms with Crippen molar-refractivity contribution in [3.8, 4) is 5.75 Å². The molecule has 1 amide bonds. The van der Waals surface area contributed by atoms with Crippen LogP contribution in [0, 0.1) is 0 Å². The molecule has 0 saturated heterocycles. The molecule has 0 bridgehead atoms. The maximum atomic E-state index is 11.4. The van der Waals surface area contributed by atoms with Crippen LogP contribution in [0.3, 0.4) is 0 Å². The molecular weight excluding hydrogens is 368 g/mol. The first-order chi connectivity index (χ1) is 14.3. The fourth-order valence-electron chi connectivity index (χ4n) is 1.96. The summed E-state index contributed by atoms with van der Waals surface area (Å²) in [6.07, 6.45) is 24.9. The smallest absolute Gasteiger partial charge is 0.250 e. The zero-order valence-corrected chi connectivity index (χ0v) is 15.5. The van der Waals surface area contributed by atoms with Gasteiger partial charge in [0.1, 0.15) is 0 Å². The summed E-state index contributed by atoms with van der Waals surface area (Å²) in [6.45, 7) is 0. The molecule has 0 radical (unpaired) electrons. The van der Waals surface area contributed by atoms with E-state index in [2.05, 4.69) is 20.6 Å². The van der Waals surface area contributed by atoms with Crippen LogP contribution in [0.5, 0.6) is 5.75 Å². The minimum absolute atomic E-state index is 0.150. The summed E-state index contributed by atoms with van der Waals surface area (Å²) in [6, 6.07) is 7.25. The standard InChI is InChI=1S/C22H20N4O3/c23-22(27)20-16-11-9-7-5-3-1-2-4-6-8-10-14-19-15-12-13-17-21(19)28-29-26-25-24-18-20/h1-18H,(H2,23,27). The van der Waals surface area contributed by atoms with E-state index in [-0.39, 0.29) is 5.57 Å². The maximum Gasteiger partial charge on any atom is 0.250 e. The van der Waals surface area contributed by atoms with Crippen LogP contribution in [0.4, 0.5) is 0 Å². The van der Waals surface area contributed by atoms with Gasteiger partial charge in [-0.3, -0.25) is 9.68 Å². The van der Waals surface area contributed by atoms with Gasteiger partial charge in [0, 0.05) is 5.56 Å². The SMILES string of the molecule is NC(=O)C1=CC=CC=CC=CC=CC=CC=Cc2ccccc2OON=NN=C1. The van der Waals surface area contributed by atoms with E-state index >= 15 is 0 Å². The van der Waals surface area contributed by atoms with E-state index in [1.54, 1.807) is 24.3 Å². The monoisotopic (exact) mass is 388 g/mol. The number of hydrogen-bond acceptors (Lipinski definition) is 6. The molecule has 0 unspecified atom stereocenters. The summed E-state index contributed by atoms with van der Waals surface area (Å²) in [5.74, 6) is -0.196. The number of nitrogens with two attached hydrogens (primary N) is 1. The highest BCUT2D eigenvalue weighted by molar-refractivity contribution is 6.11. The number of fused-ring (bicyclic) bond motifs is 1. The highest BCUT2D eigenvalue weighted by atomic mass is 17.3. The summed E-state index contributed by atoms with van der Waals surface area (Å²) in [5.41, 5.74) is 6.23. The van der Waals surface area contributed by atoms with Crippen molar-refractivity contribution in [3.05, 3.63) is 108 Å². The van der Waals surface area contributed by atoms with E-state index in [1.165, 1.54) is 12.3 Å². The van der Waals surface area contributed by atoms with E-state index in [1.807, 2.05) is 72.9 Å². The Morgan fingerprint density at radius 1 is 0.828 bits per heavy atom. The number of allylic oxidation sites excluding steroid dienone is 12. The lowest BCUT2D eigenvalue weighted by atomic mass is 10.2. The molecule has 1 heterocycles. The first kappa shape index (κ1) is 21.0. The predicted molar refractivity (Wildman–Crippen MR) is 114 cm³/mol. The first-order valence-corrected chi connectivity index (χ1v) is 8.65. The molecule has 29 heavy (non-hydrogen) atoms. The van der Waals surface area contributed by atoms with Gasteiger partial charge >= 0.3 is 0 Å². The lowest BCUT2D eigenvalue weighted by molar-refractivity contribution is -0.216. The van der Waals surface area contributed by atoms with Crippen LogP contribution in [0.2, 0.25) is 0 Å². The van der Waals surface area contributed by atoms with Crippen molar-refractivity contribution < 1.29 is 14.7 Å². The number of para-hydroxylation sites is 1. The van der Waals surface area contributed by atoms with Crippen molar-refractivity contribution in [2.45, 2.75) is 0 Å².